The van der Waals surface area contributed by atoms with E-state index in [-0.39, 0.29) is 0 Å². The third kappa shape index (κ3) is 3.48. The largest absolute Gasteiger partial charge is 0.491 e. The van der Waals surface area contributed by atoms with Crippen molar-refractivity contribution >= 4 is 0 Å². The molecule has 3 rings (SSSR count). The van der Waals surface area contributed by atoms with Crippen LogP contribution in [0.5, 0.6) is 5.75 Å². The molecular formula is C17H23N3O2. The molecule has 1 fully saturated rings. The topological polar surface area (TPSA) is 61.4 Å². The molecule has 0 radical (unpaired) electrons. The summed E-state index contributed by atoms with van der Waals surface area (Å²) < 4.78 is 5.74. The second kappa shape index (κ2) is 6.94. The minimum atomic E-state index is -0.497. The zero-order valence-corrected chi connectivity index (χ0v) is 12.9. The van der Waals surface area contributed by atoms with E-state index >= 15 is 0 Å². The van der Waals surface area contributed by atoms with E-state index in [0.717, 1.165) is 36.4 Å². The number of aliphatic hydroxyl groups is 1. The highest BCUT2D eigenvalue weighted by Crippen LogP contribution is 2.30. The predicted octanol–water partition coefficient (Wildman–Crippen LogP) is 2.29. The molecule has 1 aliphatic heterocycles. The van der Waals surface area contributed by atoms with Gasteiger partial charge >= 0.3 is 0 Å². The molecule has 0 spiro atoms. The molecule has 1 aliphatic rings. The highest BCUT2D eigenvalue weighted by Gasteiger charge is 2.28. The quantitative estimate of drug-likeness (QED) is 0.859. The summed E-state index contributed by atoms with van der Waals surface area (Å²) in [6.45, 7) is 3.95. The first kappa shape index (κ1) is 15.1. The number of hydrogen-bond donors (Lipinski definition) is 2. The maximum absolute atomic E-state index is 10.3. The van der Waals surface area contributed by atoms with E-state index in [2.05, 4.69) is 15.1 Å². The summed E-state index contributed by atoms with van der Waals surface area (Å²) in [7, 11) is 0. The number of nitrogens with one attached hydrogen (secondary N) is 1. The van der Waals surface area contributed by atoms with Crippen LogP contribution in [0.4, 0.5) is 0 Å². The van der Waals surface area contributed by atoms with Crippen LogP contribution in [-0.2, 0) is 0 Å². The van der Waals surface area contributed by atoms with Crippen molar-refractivity contribution in [1.82, 2.24) is 15.1 Å². The Hall–Kier alpha value is -1.85. The molecule has 1 saturated heterocycles. The van der Waals surface area contributed by atoms with Gasteiger partial charge < -0.3 is 9.84 Å². The minimum Gasteiger partial charge on any atom is -0.491 e. The molecule has 2 aromatic rings. The Morgan fingerprint density at radius 3 is 3.05 bits per heavy atom. The van der Waals surface area contributed by atoms with Crippen LogP contribution in [0.2, 0.25) is 0 Å². The molecule has 0 amide bonds. The molecule has 118 valence electrons. The number of ether oxygens (including phenoxy) is 1. The number of H-pyrrole nitrogens is 1. The average molecular weight is 301 g/mol. The van der Waals surface area contributed by atoms with Crippen LogP contribution in [0, 0.1) is 6.92 Å². The van der Waals surface area contributed by atoms with E-state index in [0.29, 0.717) is 19.2 Å². The number of hydrogen-bond acceptors (Lipinski definition) is 4. The van der Waals surface area contributed by atoms with Crippen LogP contribution in [0.15, 0.2) is 36.5 Å². The average Bonchev–Trinajstić information content (AvgIpc) is 3.17. The number of para-hydroxylation sites is 1. The van der Waals surface area contributed by atoms with Gasteiger partial charge in [-0.05, 0) is 44.0 Å². The van der Waals surface area contributed by atoms with Gasteiger partial charge in [0, 0.05) is 12.7 Å². The Balaban J connectivity index is 1.53. The van der Waals surface area contributed by atoms with Crippen LogP contribution < -0.4 is 4.74 Å². The molecule has 0 aliphatic carbocycles. The minimum absolute atomic E-state index is 0.317. The van der Waals surface area contributed by atoms with Crippen molar-refractivity contribution in [2.45, 2.75) is 31.9 Å². The Morgan fingerprint density at radius 1 is 1.41 bits per heavy atom. The number of aromatic amines is 1. The van der Waals surface area contributed by atoms with Gasteiger partial charge in [-0.2, -0.15) is 5.10 Å². The molecule has 0 bridgehead atoms. The molecule has 0 saturated carbocycles. The van der Waals surface area contributed by atoms with E-state index < -0.39 is 6.10 Å². The van der Waals surface area contributed by atoms with E-state index in [4.69, 9.17) is 4.74 Å². The normalized spacial score (nSPS) is 20.2. The highest BCUT2D eigenvalue weighted by molar-refractivity contribution is 5.31. The molecular weight excluding hydrogens is 278 g/mol. The Kier molecular flexibility index (Phi) is 4.75. The molecule has 2 N–H and O–H groups in total. The predicted molar refractivity (Wildman–Crippen MR) is 84.8 cm³/mol. The Bertz CT molecular complexity index is 585. The zero-order chi connectivity index (χ0) is 15.4. The lowest BCUT2D eigenvalue weighted by Crippen LogP contribution is -2.35. The fraction of sp³-hybridized carbons (Fsp3) is 0.471. The van der Waals surface area contributed by atoms with Crippen molar-refractivity contribution in [3.05, 3.63) is 47.8 Å². The summed E-state index contributed by atoms with van der Waals surface area (Å²) in [4.78, 5) is 2.30. The first-order valence-electron chi connectivity index (χ1n) is 7.84. The van der Waals surface area contributed by atoms with Gasteiger partial charge in [-0.15, -0.1) is 0 Å². The maximum atomic E-state index is 10.3. The fourth-order valence-electron chi connectivity index (χ4n) is 3.08. The van der Waals surface area contributed by atoms with Crippen LogP contribution in [0.25, 0.3) is 0 Å². The summed E-state index contributed by atoms with van der Waals surface area (Å²) in [5.74, 6) is 0.841. The van der Waals surface area contributed by atoms with Crippen molar-refractivity contribution < 1.29 is 9.84 Å². The Morgan fingerprint density at radius 2 is 2.27 bits per heavy atom. The number of rotatable bonds is 6. The summed E-state index contributed by atoms with van der Waals surface area (Å²) in [5.41, 5.74) is 2.22. The third-order valence-corrected chi connectivity index (χ3v) is 4.22. The molecule has 5 heteroatoms. The van der Waals surface area contributed by atoms with E-state index in [1.54, 1.807) is 6.20 Å². The van der Waals surface area contributed by atoms with Gasteiger partial charge in [0.1, 0.15) is 18.5 Å². The first-order chi connectivity index (χ1) is 10.7. The summed E-state index contributed by atoms with van der Waals surface area (Å²) in [6.07, 6.45) is 3.54. The van der Waals surface area contributed by atoms with E-state index in [1.165, 1.54) is 0 Å². The molecule has 1 aromatic heterocycles. The molecule has 5 nitrogen and oxygen atoms in total. The number of likely N-dealkylation sites (tertiary alicyclic amines) is 1. The fourth-order valence-corrected chi connectivity index (χ4v) is 3.08. The van der Waals surface area contributed by atoms with E-state index in [9.17, 15) is 5.11 Å². The SMILES string of the molecule is Cc1ccccc1OC[C@@H](O)CN1CCC[C@H]1c1ccn[nH]1. The molecule has 22 heavy (non-hydrogen) atoms. The monoisotopic (exact) mass is 301 g/mol. The van der Waals surface area contributed by atoms with Gasteiger partial charge in [-0.3, -0.25) is 10.00 Å². The van der Waals surface area contributed by atoms with Crippen LogP contribution in [0.3, 0.4) is 0 Å². The third-order valence-electron chi connectivity index (χ3n) is 4.22. The molecule has 2 heterocycles. The number of aromatic nitrogens is 2. The van der Waals surface area contributed by atoms with Gasteiger partial charge in [0.2, 0.25) is 0 Å². The van der Waals surface area contributed by atoms with Gasteiger partial charge in [0.25, 0.3) is 0 Å². The van der Waals surface area contributed by atoms with Crippen LogP contribution in [-0.4, -0.2) is 46.0 Å². The number of aliphatic hydroxyl groups excluding tert-OH is 1. The number of nitrogens with zero attached hydrogens (tertiary/aromatic N) is 2. The number of benzene rings is 1. The van der Waals surface area contributed by atoms with Gasteiger partial charge in [-0.1, -0.05) is 18.2 Å². The van der Waals surface area contributed by atoms with Crippen molar-refractivity contribution in [2.75, 3.05) is 19.7 Å². The summed E-state index contributed by atoms with van der Waals surface area (Å²) >= 11 is 0. The second-order valence-corrected chi connectivity index (χ2v) is 5.90. The zero-order valence-electron chi connectivity index (χ0n) is 12.9. The summed E-state index contributed by atoms with van der Waals surface area (Å²) in [5, 5.41) is 17.4. The van der Waals surface area contributed by atoms with Crippen LogP contribution >= 0.6 is 0 Å². The van der Waals surface area contributed by atoms with Crippen molar-refractivity contribution in [2.24, 2.45) is 0 Å². The second-order valence-electron chi connectivity index (χ2n) is 5.90. The maximum Gasteiger partial charge on any atom is 0.122 e. The van der Waals surface area contributed by atoms with Gasteiger partial charge in [0.05, 0.1) is 11.7 Å². The Labute approximate surface area is 130 Å². The van der Waals surface area contributed by atoms with Crippen molar-refractivity contribution in [3.8, 4) is 5.75 Å². The highest BCUT2D eigenvalue weighted by atomic mass is 16.5. The first-order valence-corrected chi connectivity index (χ1v) is 7.84. The standard InChI is InChI=1S/C17H23N3O2/c1-13-5-2-3-7-17(13)22-12-14(21)11-20-10-4-6-16(20)15-8-9-18-19-15/h2-3,5,7-9,14,16,21H,4,6,10-12H2,1H3,(H,18,19)/t14-,16-/m0/s1. The lowest BCUT2D eigenvalue weighted by Gasteiger charge is -2.26. The van der Waals surface area contributed by atoms with Crippen molar-refractivity contribution in [3.63, 3.8) is 0 Å². The smallest absolute Gasteiger partial charge is 0.122 e. The van der Waals surface area contributed by atoms with Gasteiger partial charge in [-0.25, -0.2) is 0 Å². The summed E-state index contributed by atoms with van der Waals surface area (Å²) in [6, 6.07) is 10.2. The lowest BCUT2D eigenvalue weighted by atomic mass is 10.1. The molecule has 0 unspecified atom stereocenters. The molecule has 2 atom stereocenters. The lowest BCUT2D eigenvalue weighted by molar-refractivity contribution is 0.0631. The van der Waals surface area contributed by atoms with E-state index in [1.807, 2.05) is 37.3 Å². The van der Waals surface area contributed by atoms with Crippen molar-refractivity contribution in [1.29, 1.82) is 0 Å². The molecule has 1 aromatic carbocycles. The number of β-amino-alcohol motifs (C(OH)–C–C–N with tert-alkyl or cyclic N) is 1. The van der Waals surface area contributed by atoms with Crippen LogP contribution in [0.1, 0.15) is 30.1 Å². The van der Waals surface area contributed by atoms with Gasteiger partial charge in [0.15, 0.2) is 0 Å². The number of aryl methyl sites for hydroxylation is 1.